The van der Waals surface area contributed by atoms with Crippen molar-refractivity contribution in [2.45, 2.75) is 33.2 Å². The van der Waals surface area contributed by atoms with Crippen molar-refractivity contribution in [3.63, 3.8) is 0 Å². The Morgan fingerprint density at radius 1 is 1.08 bits per heavy atom. The van der Waals surface area contributed by atoms with Gasteiger partial charge in [0.15, 0.2) is 5.11 Å². The average molecular weight is 343 g/mol. The Bertz CT molecular complexity index is 643. The van der Waals surface area contributed by atoms with Gasteiger partial charge in [0.25, 0.3) is 0 Å². The molecule has 0 aliphatic rings. The molecule has 1 unspecified atom stereocenters. The van der Waals surface area contributed by atoms with Gasteiger partial charge in [-0.05, 0) is 49.2 Å². The fraction of sp³-hybridized carbons (Fsp3) is 0.350. The van der Waals surface area contributed by atoms with Gasteiger partial charge in [0.05, 0.1) is 12.6 Å². The Labute approximate surface area is 150 Å². The molecule has 0 saturated heterocycles. The lowest BCUT2D eigenvalue weighted by Crippen LogP contribution is -2.33. The van der Waals surface area contributed by atoms with Crippen molar-refractivity contribution < 1.29 is 4.74 Å². The first kappa shape index (κ1) is 18.3. The van der Waals surface area contributed by atoms with Gasteiger partial charge in [0, 0.05) is 11.8 Å². The van der Waals surface area contributed by atoms with Crippen LogP contribution >= 0.6 is 12.2 Å². The van der Waals surface area contributed by atoms with Gasteiger partial charge < -0.3 is 15.4 Å². The third-order valence-electron chi connectivity index (χ3n) is 3.62. The lowest BCUT2D eigenvalue weighted by Gasteiger charge is -2.23. The number of benzene rings is 2. The summed E-state index contributed by atoms with van der Waals surface area (Å²) >= 11 is 5.51. The molecule has 2 aromatic carbocycles. The van der Waals surface area contributed by atoms with E-state index in [9.17, 15) is 0 Å². The largest absolute Gasteiger partial charge is 0.494 e. The summed E-state index contributed by atoms with van der Waals surface area (Å²) in [4.78, 5) is 0. The molecule has 2 N–H and O–H groups in total. The maximum atomic E-state index is 5.53. The molecule has 0 heterocycles. The molecule has 0 aliphatic heterocycles. The van der Waals surface area contributed by atoms with Gasteiger partial charge in [0.2, 0.25) is 0 Å². The zero-order valence-corrected chi connectivity index (χ0v) is 15.4. The molecule has 24 heavy (non-hydrogen) atoms. The zero-order chi connectivity index (χ0) is 17.4. The first-order valence-corrected chi connectivity index (χ1v) is 8.84. The summed E-state index contributed by atoms with van der Waals surface area (Å²) in [6, 6.07) is 18.5. The molecule has 0 aromatic heterocycles. The van der Waals surface area contributed by atoms with Crippen molar-refractivity contribution >= 4 is 23.0 Å². The highest BCUT2D eigenvalue weighted by Crippen LogP contribution is 2.22. The second-order valence-corrected chi connectivity index (χ2v) is 6.56. The predicted molar refractivity (Wildman–Crippen MR) is 106 cm³/mol. The molecule has 128 valence electrons. The Kier molecular flexibility index (Phi) is 7.07. The summed E-state index contributed by atoms with van der Waals surface area (Å²) < 4.78 is 5.53. The van der Waals surface area contributed by atoms with Crippen LogP contribution < -0.4 is 15.4 Å². The summed E-state index contributed by atoms with van der Waals surface area (Å²) in [7, 11) is 0. The molecule has 3 nitrogen and oxygen atoms in total. The molecule has 0 amide bonds. The first-order valence-electron chi connectivity index (χ1n) is 8.43. The summed E-state index contributed by atoms with van der Waals surface area (Å²) in [6.45, 7) is 7.07. The van der Waals surface area contributed by atoms with Crippen LogP contribution in [0.2, 0.25) is 0 Å². The molecule has 0 aliphatic carbocycles. The van der Waals surface area contributed by atoms with Gasteiger partial charge in [-0.15, -0.1) is 0 Å². The van der Waals surface area contributed by atoms with Crippen molar-refractivity contribution in [1.82, 2.24) is 5.32 Å². The normalized spacial score (nSPS) is 11.8. The number of hydrogen-bond donors (Lipinski definition) is 2. The third kappa shape index (κ3) is 5.85. The van der Waals surface area contributed by atoms with E-state index in [1.165, 1.54) is 5.56 Å². The van der Waals surface area contributed by atoms with Gasteiger partial charge in [-0.1, -0.05) is 50.2 Å². The SMILES string of the molecule is CCOc1cccc(NC(=S)NC(CC(C)C)c2ccccc2)c1. The Morgan fingerprint density at radius 2 is 1.83 bits per heavy atom. The monoisotopic (exact) mass is 342 g/mol. The second kappa shape index (κ2) is 9.28. The van der Waals surface area contributed by atoms with E-state index in [4.69, 9.17) is 17.0 Å². The van der Waals surface area contributed by atoms with Crippen molar-refractivity contribution in [3.8, 4) is 5.75 Å². The van der Waals surface area contributed by atoms with E-state index < -0.39 is 0 Å². The molecule has 2 rings (SSSR count). The van der Waals surface area contributed by atoms with E-state index in [0.717, 1.165) is 17.9 Å². The Balaban J connectivity index is 2.03. The van der Waals surface area contributed by atoms with Crippen molar-refractivity contribution in [2.75, 3.05) is 11.9 Å². The van der Waals surface area contributed by atoms with E-state index in [2.05, 4.69) is 48.7 Å². The molecule has 1 atom stereocenters. The fourth-order valence-corrected chi connectivity index (χ4v) is 2.85. The van der Waals surface area contributed by atoms with Gasteiger partial charge in [0.1, 0.15) is 5.75 Å². The quantitative estimate of drug-likeness (QED) is 0.681. The molecule has 0 bridgehead atoms. The van der Waals surface area contributed by atoms with Gasteiger partial charge in [-0.25, -0.2) is 0 Å². The van der Waals surface area contributed by atoms with Crippen LogP contribution in [0.4, 0.5) is 5.69 Å². The van der Waals surface area contributed by atoms with Gasteiger partial charge >= 0.3 is 0 Å². The number of thiocarbonyl (C=S) groups is 1. The van der Waals surface area contributed by atoms with E-state index in [1.54, 1.807) is 0 Å². The Morgan fingerprint density at radius 3 is 2.50 bits per heavy atom. The first-order chi connectivity index (χ1) is 11.6. The highest BCUT2D eigenvalue weighted by atomic mass is 32.1. The average Bonchev–Trinajstić information content (AvgIpc) is 2.55. The molecule has 4 heteroatoms. The van der Waals surface area contributed by atoms with Crippen LogP contribution in [-0.2, 0) is 0 Å². The van der Waals surface area contributed by atoms with Crippen molar-refractivity contribution in [3.05, 3.63) is 60.2 Å². The predicted octanol–water partition coefficient (Wildman–Crippen LogP) is 5.16. The number of anilines is 1. The molecule has 0 fully saturated rings. The van der Waals surface area contributed by atoms with E-state index >= 15 is 0 Å². The fourth-order valence-electron chi connectivity index (χ4n) is 2.59. The summed E-state index contributed by atoms with van der Waals surface area (Å²) in [5.74, 6) is 1.42. The molecular formula is C20H26N2OS. The summed E-state index contributed by atoms with van der Waals surface area (Å²) in [5.41, 5.74) is 2.17. The number of ether oxygens (including phenoxy) is 1. The zero-order valence-electron chi connectivity index (χ0n) is 14.6. The van der Waals surface area contributed by atoms with Crippen LogP contribution in [-0.4, -0.2) is 11.7 Å². The smallest absolute Gasteiger partial charge is 0.171 e. The standard InChI is InChI=1S/C20H26N2OS/c1-4-23-18-12-8-11-17(14-18)21-20(24)22-19(13-15(2)3)16-9-6-5-7-10-16/h5-12,14-15,19H,4,13H2,1-3H3,(H2,21,22,24). The van der Waals surface area contributed by atoms with Crippen LogP contribution in [0.25, 0.3) is 0 Å². The van der Waals surface area contributed by atoms with E-state index in [0.29, 0.717) is 17.6 Å². The van der Waals surface area contributed by atoms with Crippen LogP contribution in [0.3, 0.4) is 0 Å². The topological polar surface area (TPSA) is 33.3 Å². The molecule has 0 spiro atoms. The minimum absolute atomic E-state index is 0.196. The van der Waals surface area contributed by atoms with Crippen LogP contribution in [0.15, 0.2) is 54.6 Å². The molecule has 0 saturated carbocycles. The number of rotatable bonds is 7. The number of nitrogens with one attached hydrogen (secondary N) is 2. The summed E-state index contributed by atoms with van der Waals surface area (Å²) in [5, 5.41) is 7.32. The van der Waals surface area contributed by atoms with Crippen molar-refractivity contribution in [2.24, 2.45) is 5.92 Å². The van der Waals surface area contributed by atoms with Crippen LogP contribution in [0, 0.1) is 5.92 Å². The van der Waals surface area contributed by atoms with Crippen LogP contribution in [0.5, 0.6) is 5.75 Å². The van der Waals surface area contributed by atoms with Crippen molar-refractivity contribution in [1.29, 1.82) is 0 Å². The lowest BCUT2D eigenvalue weighted by atomic mass is 9.97. The highest BCUT2D eigenvalue weighted by molar-refractivity contribution is 7.80. The summed E-state index contributed by atoms with van der Waals surface area (Å²) in [6.07, 6.45) is 1.02. The van der Waals surface area contributed by atoms with Crippen LogP contribution in [0.1, 0.15) is 38.8 Å². The van der Waals surface area contributed by atoms with Gasteiger partial charge in [-0.2, -0.15) is 0 Å². The number of hydrogen-bond acceptors (Lipinski definition) is 2. The van der Waals surface area contributed by atoms with E-state index in [1.807, 2.05) is 37.3 Å². The second-order valence-electron chi connectivity index (χ2n) is 6.15. The minimum atomic E-state index is 0.196. The lowest BCUT2D eigenvalue weighted by molar-refractivity contribution is 0.340. The van der Waals surface area contributed by atoms with Gasteiger partial charge in [-0.3, -0.25) is 0 Å². The third-order valence-corrected chi connectivity index (χ3v) is 3.84. The molecule has 2 aromatic rings. The molecule has 0 radical (unpaired) electrons. The minimum Gasteiger partial charge on any atom is -0.494 e. The highest BCUT2D eigenvalue weighted by Gasteiger charge is 2.14. The maximum Gasteiger partial charge on any atom is 0.171 e. The van der Waals surface area contributed by atoms with E-state index in [-0.39, 0.29) is 6.04 Å². The molecular weight excluding hydrogens is 316 g/mol. The maximum absolute atomic E-state index is 5.53. The Hall–Kier alpha value is -2.07.